The van der Waals surface area contributed by atoms with Crippen molar-refractivity contribution < 1.29 is 9.90 Å². The van der Waals surface area contributed by atoms with Crippen LogP contribution in [0, 0.1) is 12.8 Å². The van der Waals surface area contributed by atoms with Gasteiger partial charge in [-0.1, -0.05) is 26.2 Å². The summed E-state index contributed by atoms with van der Waals surface area (Å²) in [5.74, 6) is 0.733. The zero-order valence-electron chi connectivity index (χ0n) is 11.8. The number of carbonyl (C=O) groups is 1. The molecule has 19 heavy (non-hydrogen) atoms. The number of amides is 1. The topological polar surface area (TPSA) is 49.3 Å². The van der Waals surface area contributed by atoms with Crippen LogP contribution in [0.1, 0.15) is 54.9 Å². The van der Waals surface area contributed by atoms with Crippen molar-refractivity contribution in [1.82, 2.24) is 5.32 Å². The monoisotopic (exact) mass is 261 g/mol. The lowest BCUT2D eigenvalue weighted by Gasteiger charge is -2.23. The molecular weight excluding hydrogens is 238 g/mol. The first kappa shape index (κ1) is 13.9. The molecule has 1 saturated carbocycles. The number of hydrogen-bond acceptors (Lipinski definition) is 2. The number of hydrogen-bond donors (Lipinski definition) is 2. The van der Waals surface area contributed by atoms with Crippen molar-refractivity contribution in [3.05, 3.63) is 29.3 Å². The predicted molar refractivity (Wildman–Crippen MR) is 76.3 cm³/mol. The molecule has 0 radical (unpaired) electrons. The first-order valence-electron chi connectivity index (χ1n) is 7.18. The standard InChI is InChI=1S/C16H23NO2/c1-11-6-4-3-5-7-15(11)17-16(19)14-9-8-13(18)10-12(14)2/h8-11,15,18H,3-7H2,1-2H3,(H,17,19). The molecule has 2 atom stereocenters. The summed E-state index contributed by atoms with van der Waals surface area (Å²) in [4.78, 5) is 12.3. The normalized spacial score (nSPS) is 23.7. The van der Waals surface area contributed by atoms with Crippen molar-refractivity contribution in [2.45, 2.75) is 52.0 Å². The second-order valence-corrected chi connectivity index (χ2v) is 5.69. The second kappa shape index (κ2) is 6.09. The average Bonchev–Trinajstić information content (AvgIpc) is 2.55. The van der Waals surface area contributed by atoms with Gasteiger partial charge in [-0.05, 0) is 49.4 Å². The molecule has 0 bridgehead atoms. The van der Waals surface area contributed by atoms with E-state index in [1.54, 1.807) is 18.2 Å². The SMILES string of the molecule is Cc1cc(O)ccc1C(=O)NC1CCCCCC1C. The number of carbonyl (C=O) groups excluding carboxylic acids is 1. The van der Waals surface area contributed by atoms with Crippen LogP contribution in [0.3, 0.4) is 0 Å². The van der Waals surface area contributed by atoms with Gasteiger partial charge in [-0.3, -0.25) is 4.79 Å². The van der Waals surface area contributed by atoms with Gasteiger partial charge in [-0.2, -0.15) is 0 Å². The van der Waals surface area contributed by atoms with Crippen molar-refractivity contribution in [2.24, 2.45) is 5.92 Å². The van der Waals surface area contributed by atoms with Gasteiger partial charge in [-0.25, -0.2) is 0 Å². The van der Waals surface area contributed by atoms with E-state index >= 15 is 0 Å². The van der Waals surface area contributed by atoms with Gasteiger partial charge in [0.15, 0.2) is 0 Å². The van der Waals surface area contributed by atoms with E-state index in [0.29, 0.717) is 11.5 Å². The smallest absolute Gasteiger partial charge is 0.251 e. The Morgan fingerprint density at radius 1 is 1.26 bits per heavy atom. The third-order valence-electron chi connectivity index (χ3n) is 4.13. The van der Waals surface area contributed by atoms with Gasteiger partial charge in [-0.15, -0.1) is 0 Å². The highest BCUT2D eigenvalue weighted by Gasteiger charge is 2.22. The largest absolute Gasteiger partial charge is 0.508 e. The summed E-state index contributed by atoms with van der Waals surface area (Å²) < 4.78 is 0. The van der Waals surface area contributed by atoms with Gasteiger partial charge in [0.05, 0.1) is 0 Å². The van der Waals surface area contributed by atoms with Crippen LogP contribution in [0.25, 0.3) is 0 Å². The number of aromatic hydroxyl groups is 1. The van der Waals surface area contributed by atoms with E-state index in [0.717, 1.165) is 12.0 Å². The van der Waals surface area contributed by atoms with E-state index in [1.807, 2.05) is 6.92 Å². The first-order valence-corrected chi connectivity index (χ1v) is 7.18. The second-order valence-electron chi connectivity index (χ2n) is 5.69. The molecule has 0 aliphatic heterocycles. The third kappa shape index (κ3) is 3.49. The molecule has 0 aromatic heterocycles. The van der Waals surface area contributed by atoms with E-state index < -0.39 is 0 Å². The fourth-order valence-corrected chi connectivity index (χ4v) is 2.86. The fraction of sp³-hybridized carbons (Fsp3) is 0.562. The molecule has 1 aromatic rings. The van der Waals surface area contributed by atoms with E-state index in [-0.39, 0.29) is 17.7 Å². The van der Waals surface area contributed by atoms with Crippen LogP contribution in [0.5, 0.6) is 5.75 Å². The molecule has 0 spiro atoms. The summed E-state index contributed by atoms with van der Waals surface area (Å²) in [5.41, 5.74) is 1.48. The molecule has 104 valence electrons. The number of nitrogens with one attached hydrogen (secondary N) is 1. The van der Waals surface area contributed by atoms with Crippen molar-refractivity contribution in [3.63, 3.8) is 0 Å². The Balaban J connectivity index is 2.07. The Morgan fingerprint density at radius 2 is 2.00 bits per heavy atom. The first-order chi connectivity index (χ1) is 9.08. The minimum Gasteiger partial charge on any atom is -0.508 e. The summed E-state index contributed by atoms with van der Waals surface area (Å²) in [7, 11) is 0. The lowest BCUT2D eigenvalue weighted by Crippen LogP contribution is -2.39. The van der Waals surface area contributed by atoms with Crippen LogP contribution in [-0.4, -0.2) is 17.1 Å². The van der Waals surface area contributed by atoms with Gasteiger partial charge in [0.1, 0.15) is 5.75 Å². The van der Waals surface area contributed by atoms with E-state index in [1.165, 1.54) is 25.7 Å². The summed E-state index contributed by atoms with van der Waals surface area (Å²) >= 11 is 0. The van der Waals surface area contributed by atoms with Crippen LogP contribution in [-0.2, 0) is 0 Å². The molecule has 3 nitrogen and oxygen atoms in total. The van der Waals surface area contributed by atoms with Gasteiger partial charge in [0.2, 0.25) is 0 Å². The molecule has 0 heterocycles. The summed E-state index contributed by atoms with van der Waals surface area (Å²) in [6, 6.07) is 5.17. The Labute approximate surface area is 115 Å². The van der Waals surface area contributed by atoms with Crippen LogP contribution < -0.4 is 5.32 Å². The zero-order valence-corrected chi connectivity index (χ0v) is 11.8. The van der Waals surface area contributed by atoms with Crippen LogP contribution in [0.2, 0.25) is 0 Å². The highest BCUT2D eigenvalue weighted by atomic mass is 16.3. The zero-order chi connectivity index (χ0) is 13.8. The van der Waals surface area contributed by atoms with Gasteiger partial charge < -0.3 is 10.4 Å². The molecular formula is C16H23NO2. The average molecular weight is 261 g/mol. The Hall–Kier alpha value is -1.51. The van der Waals surface area contributed by atoms with Gasteiger partial charge >= 0.3 is 0 Å². The number of benzene rings is 1. The Bertz CT molecular complexity index is 456. The molecule has 1 amide bonds. The van der Waals surface area contributed by atoms with Crippen molar-refractivity contribution in [2.75, 3.05) is 0 Å². The van der Waals surface area contributed by atoms with Crippen molar-refractivity contribution >= 4 is 5.91 Å². The molecule has 1 aliphatic carbocycles. The number of aryl methyl sites for hydroxylation is 1. The van der Waals surface area contributed by atoms with Crippen LogP contribution >= 0.6 is 0 Å². The van der Waals surface area contributed by atoms with Crippen molar-refractivity contribution in [3.8, 4) is 5.75 Å². The number of phenolic OH excluding ortho intramolecular Hbond substituents is 1. The molecule has 2 rings (SSSR count). The lowest BCUT2D eigenvalue weighted by molar-refractivity contribution is 0.0921. The number of rotatable bonds is 2. The molecule has 2 N–H and O–H groups in total. The van der Waals surface area contributed by atoms with Gasteiger partial charge in [0.25, 0.3) is 5.91 Å². The maximum absolute atomic E-state index is 12.3. The van der Waals surface area contributed by atoms with E-state index in [9.17, 15) is 9.90 Å². The quantitative estimate of drug-likeness (QED) is 0.802. The summed E-state index contributed by atoms with van der Waals surface area (Å²) in [5, 5.41) is 12.6. The fourth-order valence-electron chi connectivity index (χ4n) is 2.86. The highest BCUT2D eigenvalue weighted by molar-refractivity contribution is 5.96. The van der Waals surface area contributed by atoms with E-state index in [4.69, 9.17) is 0 Å². The molecule has 1 fully saturated rings. The lowest BCUT2D eigenvalue weighted by atomic mass is 9.96. The van der Waals surface area contributed by atoms with Crippen molar-refractivity contribution in [1.29, 1.82) is 0 Å². The predicted octanol–water partition coefficient (Wildman–Crippen LogP) is 3.40. The third-order valence-corrected chi connectivity index (χ3v) is 4.13. The number of phenols is 1. The van der Waals surface area contributed by atoms with Gasteiger partial charge in [0, 0.05) is 11.6 Å². The Kier molecular flexibility index (Phi) is 4.46. The van der Waals surface area contributed by atoms with E-state index in [2.05, 4.69) is 12.2 Å². The maximum Gasteiger partial charge on any atom is 0.251 e. The molecule has 1 aromatic carbocycles. The van der Waals surface area contributed by atoms with Crippen LogP contribution in [0.4, 0.5) is 0 Å². The minimum absolute atomic E-state index is 0.0174. The minimum atomic E-state index is -0.0174. The maximum atomic E-state index is 12.3. The summed E-state index contributed by atoms with van der Waals surface area (Å²) in [6.45, 7) is 4.07. The highest BCUT2D eigenvalue weighted by Crippen LogP contribution is 2.24. The molecule has 2 unspecified atom stereocenters. The summed E-state index contributed by atoms with van der Waals surface area (Å²) in [6.07, 6.45) is 6.01. The molecule has 1 aliphatic rings. The van der Waals surface area contributed by atoms with Crippen LogP contribution in [0.15, 0.2) is 18.2 Å². The Morgan fingerprint density at radius 3 is 2.74 bits per heavy atom. The molecule has 0 saturated heterocycles. The molecule has 3 heteroatoms.